The lowest BCUT2D eigenvalue weighted by atomic mass is 9.94. The van der Waals surface area contributed by atoms with Crippen molar-refractivity contribution in [3.05, 3.63) is 70.0 Å². The largest absolute Gasteiger partial charge is 0.338 e. The summed E-state index contributed by atoms with van der Waals surface area (Å²) >= 11 is 5.99. The molecule has 4 rings (SSSR count). The number of rotatable bonds is 4. The van der Waals surface area contributed by atoms with Crippen molar-refractivity contribution in [3.8, 4) is 0 Å². The number of hydrogen-bond donors (Lipinski definition) is 0. The Morgan fingerprint density at radius 2 is 1.73 bits per heavy atom. The van der Waals surface area contributed by atoms with Crippen LogP contribution in [0.5, 0.6) is 0 Å². The minimum absolute atomic E-state index is 0.00986. The molecule has 2 aromatic carbocycles. The lowest BCUT2D eigenvalue weighted by molar-refractivity contribution is -0.137. The van der Waals surface area contributed by atoms with Gasteiger partial charge in [-0.25, -0.2) is 17.1 Å². The Balaban J connectivity index is 1.37. The minimum Gasteiger partial charge on any atom is -0.338 e. The van der Waals surface area contributed by atoms with Gasteiger partial charge in [0, 0.05) is 42.7 Å². The van der Waals surface area contributed by atoms with E-state index in [0.29, 0.717) is 25.9 Å². The zero-order valence-corrected chi connectivity index (χ0v) is 18.1. The first-order chi connectivity index (χ1) is 14.3. The SMILES string of the molecule is O=C(C1CCN(S(=O)(=O)Cc2c(F)cccc2Cl)CC1)N1CCc2ccccc2C1. The van der Waals surface area contributed by atoms with Crippen LogP contribution in [0.3, 0.4) is 0 Å². The zero-order valence-electron chi connectivity index (χ0n) is 16.6. The number of carbonyl (C=O) groups is 1. The van der Waals surface area contributed by atoms with Crippen LogP contribution >= 0.6 is 11.6 Å². The van der Waals surface area contributed by atoms with Crippen LogP contribution in [0, 0.1) is 11.7 Å². The van der Waals surface area contributed by atoms with Gasteiger partial charge in [-0.15, -0.1) is 0 Å². The fourth-order valence-electron chi connectivity index (χ4n) is 4.27. The summed E-state index contributed by atoms with van der Waals surface area (Å²) in [7, 11) is -3.71. The van der Waals surface area contributed by atoms with Crippen LogP contribution in [0.15, 0.2) is 42.5 Å². The van der Waals surface area contributed by atoms with Crippen molar-refractivity contribution in [1.29, 1.82) is 0 Å². The monoisotopic (exact) mass is 450 g/mol. The topological polar surface area (TPSA) is 57.7 Å². The van der Waals surface area contributed by atoms with E-state index in [-0.39, 0.29) is 35.5 Å². The molecule has 2 aromatic rings. The summed E-state index contributed by atoms with van der Waals surface area (Å²) in [6.07, 6.45) is 1.79. The second-order valence-electron chi connectivity index (χ2n) is 7.91. The van der Waals surface area contributed by atoms with E-state index in [1.165, 1.54) is 33.6 Å². The van der Waals surface area contributed by atoms with Crippen LogP contribution in [-0.4, -0.2) is 43.2 Å². The number of nitrogens with zero attached hydrogens (tertiary/aromatic N) is 2. The van der Waals surface area contributed by atoms with Crippen LogP contribution in [0.4, 0.5) is 4.39 Å². The Morgan fingerprint density at radius 1 is 1.03 bits per heavy atom. The molecule has 5 nitrogen and oxygen atoms in total. The third kappa shape index (κ3) is 4.38. The molecule has 0 saturated carbocycles. The first-order valence-electron chi connectivity index (χ1n) is 10.1. The molecule has 0 N–H and O–H groups in total. The molecule has 2 aliphatic heterocycles. The summed E-state index contributed by atoms with van der Waals surface area (Å²) in [6, 6.07) is 12.3. The number of carbonyl (C=O) groups excluding carboxylic acids is 1. The highest BCUT2D eigenvalue weighted by atomic mass is 35.5. The smallest absolute Gasteiger partial charge is 0.226 e. The van der Waals surface area contributed by atoms with Gasteiger partial charge in [0.2, 0.25) is 15.9 Å². The van der Waals surface area contributed by atoms with Gasteiger partial charge < -0.3 is 4.90 Å². The number of fused-ring (bicyclic) bond motifs is 1. The molecule has 8 heteroatoms. The number of hydrogen-bond acceptors (Lipinski definition) is 3. The lowest BCUT2D eigenvalue weighted by Gasteiger charge is -2.35. The van der Waals surface area contributed by atoms with Crippen molar-refractivity contribution in [2.45, 2.75) is 31.6 Å². The van der Waals surface area contributed by atoms with Gasteiger partial charge in [-0.2, -0.15) is 0 Å². The Hall–Kier alpha value is -1.96. The molecule has 0 spiro atoms. The highest BCUT2D eigenvalue weighted by Crippen LogP contribution is 2.28. The van der Waals surface area contributed by atoms with Crippen LogP contribution in [0.2, 0.25) is 5.02 Å². The molecule has 1 fully saturated rings. The summed E-state index contributed by atoms with van der Waals surface area (Å²) in [5.74, 6) is -1.18. The van der Waals surface area contributed by atoms with Gasteiger partial charge in [0.05, 0.1) is 5.75 Å². The molecular formula is C22H24ClFN2O3S. The molecule has 160 valence electrons. The minimum atomic E-state index is -3.71. The first-order valence-corrected chi connectivity index (χ1v) is 12.1. The summed E-state index contributed by atoms with van der Waals surface area (Å²) in [6.45, 7) is 1.82. The average Bonchev–Trinajstić information content (AvgIpc) is 2.75. The van der Waals surface area contributed by atoms with E-state index in [9.17, 15) is 17.6 Å². The van der Waals surface area contributed by atoms with Gasteiger partial charge in [0.25, 0.3) is 0 Å². The van der Waals surface area contributed by atoms with Crippen LogP contribution in [-0.2, 0) is 33.5 Å². The fraction of sp³-hybridized carbons (Fsp3) is 0.409. The summed E-state index contributed by atoms with van der Waals surface area (Å²) in [5, 5.41) is 0.106. The highest BCUT2D eigenvalue weighted by Gasteiger charge is 2.34. The number of benzene rings is 2. The quantitative estimate of drug-likeness (QED) is 0.715. The highest BCUT2D eigenvalue weighted by molar-refractivity contribution is 7.88. The molecular weight excluding hydrogens is 427 g/mol. The van der Waals surface area contributed by atoms with Crippen molar-refractivity contribution in [1.82, 2.24) is 9.21 Å². The van der Waals surface area contributed by atoms with E-state index in [4.69, 9.17) is 11.6 Å². The number of halogens is 2. The number of piperidine rings is 1. The number of amides is 1. The second-order valence-corrected chi connectivity index (χ2v) is 10.3. The van der Waals surface area contributed by atoms with Crippen LogP contribution in [0.1, 0.15) is 29.5 Å². The fourth-order valence-corrected chi connectivity index (χ4v) is 6.18. The third-order valence-corrected chi connectivity index (χ3v) is 8.19. The number of sulfonamides is 1. The summed E-state index contributed by atoms with van der Waals surface area (Å²) in [4.78, 5) is 14.9. The average molecular weight is 451 g/mol. The van der Waals surface area contributed by atoms with Gasteiger partial charge in [-0.05, 0) is 42.5 Å². The molecule has 1 amide bonds. The molecule has 0 atom stereocenters. The van der Waals surface area contributed by atoms with E-state index < -0.39 is 21.6 Å². The van der Waals surface area contributed by atoms with E-state index in [1.807, 2.05) is 17.0 Å². The van der Waals surface area contributed by atoms with Gasteiger partial charge in [0.15, 0.2) is 0 Å². The molecule has 1 saturated heterocycles. The van der Waals surface area contributed by atoms with Gasteiger partial charge in [-0.1, -0.05) is 41.9 Å². The van der Waals surface area contributed by atoms with Gasteiger partial charge in [-0.3, -0.25) is 4.79 Å². The Labute approximate surface area is 181 Å². The molecule has 0 aliphatic carbocycles. The van der Waals surface area contributed by atoms with Crippen molar-refractivity contribution in [3.63, 3.8) is 0 Å². The predicted molar refractivity (Wildman–Crippen MR) is 114 cm³/mol. The summed E-state index contributed by atoms with van der Waals surface area (Å²) in [5.41, 5.74) is 2.46. The zero-order chi connectivity index (χ0) is 21.3. The van der Waals surface area contributed by atoms with E-state index in [2.05, 4.69) is 12.1 Å². The van der Waals surface area contributed by atoms with E-state index in [1.54, 1.807) is 0 Å². The van der Waals surface area contributed by atoms with Crippen molar-refractivity contribution >= 4 is 27.5 Å². The lowest BCUT2D eigenvalue weighted by Crippen LogP contribution is -2.45. The van der Waals surface area contributed by atoms with Crippen molar-refractivity contribution < 1.29 is 17.6 Å². The predicted octanol–water partition coefficient (Wildman–Crippen LogP) is 3.61. The molecule has 2 aliphatic rings. The summed E-state index contributed by atoms with van der Waals surface area (Å²) < 4.78 is 40.9. The maximum atomic E-state index is 14.0. The van der Waals surface area contributed by atoms with Gasteiger partial charge in [0.1, 0.15) is 5.82 Å². The van der Waals surface area contributed by atoms with Crippen LogP contribution in [0.25, 0.3) is 0 Å². The van der Waals surface area contributed by atoms with Crippen molar-refractivity contribution in [2.24, 2.45) is 5.92 Å². The van der Waals surface area contributed by atoms with E-state index >= 15 is 0 Å². The molecule has 0 aromatic heterocycles. The normalized spacial score (nSPS) is 18.3. The first kappa shape index (κ1) is 21.3. The standard InChI is InChI=1S/C22H24ClFN2O3S/c23-20-6-3-7-21(24)19(20)15-30(28,29)26-12-9-17(10-13-26)22(27)25-11-8-16-4-1-2-5-18(16)14-25/h1-7,17H,8-15H2. The molecule has 0 unspecified atom stereocenters. The maximum Gasteiger partial charge on any atom is 0.226 e. The Kier molecular flexibility index (Phi) is 6.14. The van der Waals surface area contributed by atoms with E-state index in [0.717, 1.165) is 6.42 Å². The second kappa shape index (κ2) is 8.65. The Morgan fingerprint density at radius 3 is 2.43 bits per heavy atom. The molecule has 30 heavy (non-hydrogen) atoms. The van der Waals surface area contributed by atoms with Crippen LogP contribution < -0.4 is 0 Å². The molecule has 2 heterocycles. The Bertz CT molecular complexity index is 1030. The maximum absolute atomic E-state index is 14.0. The van der Waals surface area contributed by atoms with Crippen molar-refractivity contribution in [2.75, 3.05) is 19.6 Å². The third-order valence-electron chi connectivity index (χ3n) is 6.03. The molecule has 0 bridgehead atoms. The molecule has 0 radical (unpaired) electrons. The van der Waals surface area contributed by atoms with Gasteiger partial charge >= 0.3 is 0 Å².